The van der Waals surface area contributed by atoms with Crippen LogP contribution in [-0.2, 0) is 11.2 Å². The minimum atomic E-state index is -0.893. The van der Waals surface area contributed by atoms with Gasteiger partial charge in [0.15, 0.2) is 0 Å². The summed E-state index contributed by atoms with van der Waals surface area (Å²) in [6.45, 7) is 0.316. The van der Waals surface area contributed by atoms with Gasteiger partial charge in [-0.1, -0.05) is 30.3 Å². The molecular formula is C17H17FO3. The fourth-order valence-electron chi connectivity index (χ4n) is 2.10. The molecule has 21 heavy (non-hydrogen) atoms. The van der Waals surface area contributed by atoms with Crippen molar-refractivity contribution in [3.05, 3.63) is 66.0 Å². The molecule has 0 spiro atoms. The first-order valence-corrected chi connectivity index (χ1v) is 6.80. The first-order valence-electron chi connectivity index (χ1n) is 6.80. The normalized spacial score (nSPS) is 11.9. The largest absolute Gasteiger partial charge is 0.494 e. The number of hydrogen-bond acceptors (Lipinski definition) is 2. The highest BCUT2D eigenvalue weighted by molar-refractivity contribution is 5.70. The summed E-state index contributed by atoms with van der Waals surface area (Å²) in [5.74, 6) is -1.11. The van der Waals surface area contributed by atoms with Crippen LogP contribution in [-0.4, -0.2) is 17.7 Å². The van der Waals surface area contributed by atoms with E-state index in [4.69, 9.17) is 4.74 Å². The van der Waals surface area contributed by atoms with Gasteiger partial charge < -0.3 is 9.84 Å². The van der Waals surface area contributed by atoms with E-state index < -0.39 is 11.9 Å². The Morgan fingerprint density at radius 1 is 1.14 bits per heavy atom. The molecule has 0 aliphatic carbocycles. The van der Waals surface area contributed by atoms with E-state index in [1.54, 1.807) is 12.1 Å². The third kappa shape index (κ3) is 4.91. The molecule has 1 N–H and O–H groups in total. The molecule has 2 aromatic rings. The predicted octanol–water partition coefficient (Wildman–Crippen LogP) is 3.54. The average molecular weight is 288 g/mol. The van der Waals surface area contributed by atoms with E-state index in [0.29, 0.717) is 30.8 Å². The second kappa shape index (κ2) is 7.43. The van der Waals surface area contributed by atoms with Crippen LogP contribution in [0.5, 0.6) is 5.75 Å². The van der Waals surface area contributed by atoms with E-state index in [9.17, 15) is 14.3 Å². The van der Waals surface area contributed by atoms with E-state index in [2.05, 4.69) is 0 Å². The van der Waals surface area contributed by atoms with Crippen LogP contribution in [0.15, 0.2) is 54.6 Å². The summed E-state index contributed by atoms with van der Waals surface area (Å²) in [5, 5.41) is 9.25. The third-order valence-corrected chi connectivity index (χ3v) is 3.20. The molecule has 0 aliphatic heterocycles. The highest BCUT2D eigenvalue weighted by Crippen LogP contribution is 2.16. The molecular weight excluding hydrogens is 271 g/mol. The van der Waals surface area contributed by atoms with Crippen molar-refractivity contribution in [3.63, 3.8) is 0 Å². The highest BCUT2D eigenvalue weighted by atomic mass is 19.1. The molecule has 0 aromatic heterocycles. The van der Waals surface area contributed by atoms with Gasteiger partial charge in [0.05, 0.1) is 12.5 Å². The lowest BCUT2D eigenvalue weighted by Gasteiger charge is -2.13. The number of hydrogen-bond donors (Lipinski definition) is 1. The van der Waals surface area contributed by atoms with Crippen LogP contribution < -0.4 is 4.74 Å². The van der Waals surface area contributed by atoms with Gasteiger partial charge in [0.2, 0.25) is 0 Å². The number of halogens is 1. The van der Waals surface area contributed by atoms with Gasteiger partial charge in [0.1, 0.15) is 11.6 Å². The van der Waals surface area contributed by atoms with Crippen molar-refractivity contribution in [2.45, 2.75) is 12.8 Å². The van der Waals surface area contributed by atoms with Crippen LogP contribution in [0, 0.1) is 11.7 Å². The molecule has 0 saturated heterocycles. The zero-order chi connectivity index (χ0) is 15.1. The van der Waals surface area contributed by atoms with E-state index in [1.807, 2.05) is 30.3 Å². The Morgan fingerprint density at radius 2 is 1.90 bits per heavy atom. The van der Waals surface area contributed by atoms with Gasteiger partial charge in [-0.2, -0.15) is 0 Å². The van der Waals surface area contributed by atoms with Crippen LogP contribution in [0.1, 0.15) is 12.0 Å². The molecule has 0 fully saturated rings. The summed E-state index contributed by atoms with van der Waals surface area (Å²) in [7, 11) is 0. The predicted molar refractivity (Wildman–Crippen MR) is 77.8 cm³/mol. The Labute approximate surface area is 123 Å². The van der Waals surface area contributed by atoms with E-state index >= 15 is 0 Å². The van der Waals surface area contributed by atoms with Crippen molar-refractivity contribution >= 4 is 5.97 Å². The third-order valence-electron chi connectivity index (χ3n) is 3.20. The van der Waals surface area contributed by atoms with Crippen molar-refractivity contribution in [1.29, 1.82) is 0 Å². The molecule has 2 rings (SSSR count). The summed E-state index contributed by atoms with van der Waals surface area (Å²) in [5.41, 5.74) is 0.683. The lowest BCUT2D eigenvalue weighted by Crippen LogP contribution is -2.19. The van der Waals surface area contributed by atoms with Crippen molar-refractivity contribution in [2.75, 3.05) is 6.61 Å². The number of carboxylic acid groups (broad SMARTS) is 1. The van der Waals surface area contributed by atoms with Crippen LogP contribution in [0.3, 0.4) is 0 Å². The molecule has 1 atom stereocenters. The van der Waals surface area contributed by atoms with Crippen LogP contribution >= 0.6 is 0 Å². The maximum Gasteiger partial charge on any atom is 0.306 e. The topological polar surface area (TPSA) is 46.5 Å². The van der Waals surface area contributed by atoms with Crippen LogP contribution in [0.4, 0.5) is 4.39 Å². The Kier molecular flexibility index (Phi) is 5.32. The van der Waals surface area contributed by atoms with Crippen LogP contribution in [0.25, 0.3) is 0 Å². The quantitative estimate of drug-likeness (QED) is 0.847. The number of carboxylic acids is 1. The Balaban J connectivity index is 1.89. The zero-order valence-corrected chi connectivity index (χ0v) is 11.5. The molecule has 0 bridgehead atoms. The summed E-state index contributed by atoms with van der Waals surface area (Å²) in [6.07, 6.45) is 0.673. The Hall–Kier alpha value is -2.36. The lowest BCUT2D eigenvalue weighted by atomic mass is 9.96. The summed E-state index contributed by atoms with van der Waals surface area (Å²) < 4.78 is 18.6. The number of ether oxygens (including phenoxy) is 1. The Morgan fingerprint density at radius 3 is 2.57 bits per heavy atom. The minimum Gasteiger partial charge on any atom is -0.494 e. The molecule has 2 aromatic carbocycles. The van der Waals surface area contributed by atoms with E-state index in [1.165, 1.54) is 12.1 Å². The lowest BCUT2D eigenvalue weighted by molar-refractivity contribution is -0.142. The zero-order valence-electron chi connectivity index (χ0n) is 11.5. The number of carbonyl (C=O) groups is 1. The highest BCUT2D eigenvalue weighted by Gasteiger charge is 2.18. The number of rotatable bonds is 7. The first kappa shape index (κ1) is 15.0. The SMILES string of the molecule is O=C(O)C(CCOc1ccccc1)Cc1cccc(F)c1. The molecule has 0 aliphatic rings. The van der Waals surface area contributed by atoms with Gasteiger partial charge in [-0.05, 0) is 42.7 Å². The van der Waals surface area contributed by atoms with Crippen molar-refractivity contribution in [1.82, 2.24) is 0 Å². The summed E-state index contributed by atoms with van der Waals surface area (Å²) in [6, 6.07) is 15.3. The molecule has 0 heterocycles. The molecule has 0 saturated carbocycles. The summed E-state index contributed by atoms with van der Waals surface area (Å²) in [4.78, 5) is 11.3. The molecule has 1 unspecified atom stereocenters. The Bertz CT molecular complexity index is 584. The monoisotopic (exact) mass is 288 g/mol. The van der Waals surface area contributed by atoms with E-state index in [-0.39, 0.29) is 5.82 Å². The maximum atomic E-state index is 13.1. The van der Waals surface area contributed by atoms with Gasteiger partial charge in [0, 0.05) is 0 Å². The number of benzene rings is 2. The molecule has 0 amide bonds. The fourth-order valence-corrected chi connectivity index (χ4v) is 2.10. The van der Waals surface area contributed by atoms with Crippen molar-refractivity contribution < 1.29 is 19.0 Å². The van der Waals surface area contributed by atoms with Gasteiger partial charge in [-0.15, -0.1) is 0 Å². The van der Waals surface area contributed by atoms with Gasteiger partial charge in [-0.3, -0.25) is 4.79 Å². The van der Waals surface area contributed by atoms with Gasteiger partial charge >= 0.3 is 5.97 Å². The molecule has 4 heteroatoms. The fraction of sp³-hybridized carbons (Fsp3) is 0.235. The van der Waals surface area contributed by atoms with Crippen molar-refractivity contribution in [2.24, 2.45) is 5.92 Å². The molecule has 0 radical (unpaired) electrons. The number of aliphatic carboxylic acids is 1. The second-order valence-electron chi connectivity index (χ2n) is 4.82. The summed E-state index contributed by atoms with van der Waals surface area (Å²) >= 11 is 0. The number of para-hydroxylation sites is 1. The smallest absolute Gasteiger partial charge is 0.306 e. The second-order valence-corrected chi connectivity index (χ2v) is 4.82. The van der Waals surface area contributed by atoms with Crippen LogP contribution in [0.2, 0.25) is 0 Å². The molecule has 110 valence electrons. The van der Waals surface area contributed by atoms with E-state index in [0.717, 1.165) is 0 Å². The maximum absolute atomic E-state index is 13.1. The van der Waals surface area contributed by atoms with Crippen molar-refractivity contribution in [3.8, 4) is 5.75 Å². The van der Waals surface area contributed by atoms with Gasteiger partial charge in [0.25, 0.3) is 0 Å². The van der Waals surface area contributed by atoms with Gasteiger partial charge in [-0.25, -0.2) is 4.39 Å². The first-order chi connectivity index (χ1) is 10.1. The standard InChI is InChI=1S/C17H17FO3/c18-15-6-4-5-13(12-15)11-14(17(19)20)9-10-21-16-7-2-1-3-8-16/h1-8,12,14H,9-11H2,(H,19,20). The molecule has 3 nitrogen and oxygen atoms in total. The minimum absolute atomic E-state index is 0.297. The average Bonchev–Trinajstić information content (AvgIpc) is 2.47.